The van der Waals surface area contributed by atoms with Crippen LogP contribution in [0.2, 0.25) is 0 Å². The molecule has 0 radical (unpaired) electrons. The molecule has 5 fully saturated rings. The fourth-order valence-corrected chi connectivity index (χ4v) is 6.58. The van der Waals surface area contributed by atoms with Crippen molar-refractivity contribution in [3.8, 4) is 0 Å². The molecular weight excluding hydrogens is 548 g/mol. The summed E-state index contributed by atoms with van der Waals surface area (Å²) in [4.78, 5) is 0. The molecule has 2 heteroatoms. The minimum Gasteiger partial charge on any atom is -0.381 e. The second kappa shape index (κ2) is 24.3. The van der Waals surface area contributed by atoms with Crippen LogP contribution in [0.5, 0.6) is 0 Å². The van der Waals surface area contributed by atoms with Gasteiger partial charge in [-0.25, -0.2) is 0 Å². The fourth-order valence-electron chi connectivity index (χ4n) is 6.58. The molecular formula is C43H80O2. The van der Waals surface area contributed by atoms with Gasteiger partial charge in [0.1, 0.15) is 0 Å². The molecule has 3 saturated carbocycles. The molecule has 6 rings (SSSR count). The van der Waals surface area contributed by atoms with Gasteiger partial charge in [-0.1, -0.05) is 158 Å². The first-order chi connectivity index (χ1) is 21.3. The third kappa shape index (κ3) is 18.9. The quantitative estimate of drug-likeness (QED) is 0.284. The first-order valence-corrected chi connectivity index (χ1v) is 19.5. The van der Waals surface area contributed by atoms with Crippen molar-refractivity contribution in [2.45, 2.75) is 154 Å². The predicted octanol–water partition coefficient (Wildman–Crippen LogP) is 13.0. The molecule has 0 N–H and O–H groups in total. The highest BCUT2D eigenvalue weighted by atomic mass is 16.5. The Morgan fingerprint density at radius 1 is 0.378 bits per heavy atom. The number of benzene rings is 1. The Hall–Kier alpha value is -0.860. The van der Waals surface area contributed by atoms with Crippen molar-refractivity contribution >= 4 is 0 Å². The van der Waals surface area contributed by atoms with E-state index in [1.54, 1.807) is 0 Å². The van der Waals surface area contributed by atoms with Gasteiger partial charge in [-0.15, -0.1) is 0 Å². The average Bonchev–Trinajstić information content (AvgIpc) is 3.71. The normalized spacial score (nSPS) is 35.4. The predicted molar refractivity (Wildman–Crippen MR) is 200 cm³/mol. The number of hydrogen-bond acceptors (Lipinski definition) is 2. The zero-order chi connectivity index (χ0) is 33.8. The third-order valence-electron chi connectivity index (χ3n) is 12.3. The van der Waals surface area contributed by atoms with Gasteiger partial charge >= 0.3 is 0 Å². The topological polar surface area (TPSA) is 18.5 Å². The van der Waals surface area contributed by atoms with Crippen molar-refractivity contribution in [1.82, 2.24) is 0 Å². The van der Waals surface area contributed by atoms with E-state index >= 15 is 0 Å². The molecule has 0 amide bonds. The summed E-state index contributed by atoms with van der Waals surface area (Å²) in [5, 5.41) is 0. The van der Waals surface area contributed by atoms with Crippen LogP contribution in [0.3, 0.4) is 0 Å². The van der Waals surface area contributed by atoms with E-state index in [-0.39, 0.29) is 0 Å². The van der Waals surface area contributed by atoms with Crippen molar-refractivity contribution in [2.75, 3.05) is 26.4 Å². The molecule has 1 aromatic rings. The fraction of sp³-hybridized carbons (Fsp3) is 0.860. The van der Waals surface area contributed by atoms with Crippen LogP contribution in [-0.2, 0) is 9.47 Å². The van der Waals surface area contributed by atoms with E-state index in [4.69, 9.17) is 9.47 Å². The minimum atomic E-state index is 0.781. The maximum atomic E-state index is 5.25. The summed E-state index contributed by atoms with van der Waals surface area (Å²) in [6.45, 7) is 31.4. The van der Waals surface area contributed by atoms with Crippen LogP contribution in [-0.4, -0.2) is 26.4 Å². The summed E-state index contributed by atoms with van der Waals surface area (Å²) in [6, 6.07) is 8.36. The first-order valence-electron chi connectivity index (χ1n) is 19.5. The summed E-state index contributed by atoms with van der Waals surface area (Å²) in [7, 11) is 0. The van der Waals surface area contributed by atoms with Crippen LogP contribution in [0.1, 0.15) is 151 Å². The summed E-state index contributed by atoms with van der Waals surface area (Å²) in [5.41, 5.74) is 2.74. The molecule has 3 aliphatic carbocycles. The van der Waals surface area contributed by atoms with Gasteiger partial charge in [-0.2, -0.15) is 0 Å². The van der Waals surface area contributed by atoms with Gasteiger partial charge < -0.3 is 9.47 Å². The highest BCUT2D eigenvalue weighted by Crippen LogP contribution is 2.31. The zero-order valence-electron chi connectivity index (χ0n) is 32.5. The second-order valence-electron chi connectivity index (χ2n) is 16.4. The monoisotopic (exact) mass is 629 g/mol. The lowest BCUT2D eigenvalue weighted by atomic mass is 9.82. The highest BCUT2D eigenvalue weighted by molar-refractivity contribution is 5.23. The maximum absolute atomic E-state index is 5.25. The number of ether oxygens (including phenoxy) is 2. The van der Waals surface area contributed by atoms with E-state index in [1.807, 2.05) is 0 Å². The van der Waals surface area contributed by atoms with Crippen LogP contribution < -0.4 is 0 Å². The number of hydrogen-bond donors (Lipinski definition) is 0. The lowest BCUT2D eigenvalue weighted by Gasteiger charge is -2.24. The molecule has 2 aliphatic heterocycles. The van der Waals surface area contributed by atoms with E-state index in [0.29, 0.717) is 0 Å². The van der Waals surface area contributed by atoms with Gasteiger partial charge in [0.2, 0.25) is 0 Å². The van der Waals surface area contributed by atoms with Crippen molar-refractivity contribution < 1.29 is 9.47 Å². The largest absolute Gasteiger partial charge is 0.381 e. The van der Waals surface area contributed by atoms with E-state index in [0.717, 1.165) is 85.6 Å². The van der Waals surface area contributed by atoms with Gasteiger partial charge in [0.15, 0.2) is 0 Å². The Morgan fingerprint density at radius 3 is 0.867 bits per heavy atom. The number of rotatable bonds is 0. The van der Waals surface area contributed by atoms with Crippen LogP contribution in [0, 0.1) is 73.0 Å². The third-order valence-corrected chi connectivity index (χ3v) is 12.3. The Bertz CT molecular complexity index is 707. The van der Waals surface area contributed by atoms with Gasteiger partial charge in [-0.3, -0.25) is 0 Å². The molecule has 2 saturated heterocycles. The molecule has 10 atom stereocenters. The highest BCUT2D eigenvalue weighted by Gasteiger charge is 2.20. The lowest BCUT2D eigenvalue weighted by Crippen LogP contribution is -2.22. The maximum Gasteiger partial charge on any atom is 0.0495 e. The van der Waals surface area contributed by atoms with E-state index < -0.39 is 0 Å². The van der Waals surface area contributed by atoms with Crippen molar-refractivity contribution in [3.05, 3.63) is 35.4 Å². The molecule has 0 aromatic heterocycles. The summed E-state index contributed by atoms with van der Waals surface area (Å²) < 4.78 is 10.4. The summed E-state index contributed by atoms with van der Waals surface area (Å²) >= 11 is 0. The Kier molecular flexibility index (Phi) is 22.8. The van der Waals surface area contributed by atoms with Crippen LogP contribution in [0.25, 0.3) is 0 Å². The molecule has 0 unspecified atom stereocenters. The van der Waals surface area contributed by atoms with Crippen LogP contribution in [0.15, 0.2) is 24.3 Å². The molecule has 264 valence electrons. The van der Waals surface area contributed by atoms with Gasteiger partial charge in [0.25, 0.3) is 0 Å². The van der Waals surface area contributed by atoms with Crippen LogP contribution >= 0.6 is 0 Å². The molecule has 45 heavy (non-hydrogen) atoms. The Morgan fingerprint density at radius 2 is 0.667 bits per heavy atom. The Balaban J connectivity index is 0.000000270. The smallest absolute Gasteiger partial charge is 0.0495 e. The van der Waals surface area contributed by atoms with E-state index in [2.05, 4.69) is 107 Å². The van der Waals surface area contributed by atoms with Crippen LogP contribution in [0.4, 0.5) is 0 Å². The Labute approximate surface area is 283 Å². The molecule has 5 aliphatic rings. The molecule has 0 bridgehead atoms. The van der Waals surface area contributed by atoms with Crippen molar-refractivity contribution in [1.29, 1.82) is 0 Å². The van der Waals surface area contributed by atoms with Crippen molar-refractivity contribution in [2.24, 2.45) is 59.2 Å². The lowest BCUT2D eigenvalue weighted by molar-refractivity contribution is 0.0303. The van der Waals surface area contributed by atoms with Crippen molar-refractivity contribution in [3.63, 3.8) is 0 Å². The van der Waals surface area contributed by atoms with E-state index in [9.17, 15) is 0 Å². The SMILES string of the molecule is C[C@@H]1CCCC[C@@H]1C.C[C@@H]1CCC[C@@H]1C.C[C@@H]1CCC[C@@H]1C.C[C@@H]1CCOC[C@@H]1C.C[C@@H]1COC[C@@H]1C.Cc1ccccc1C. The average molecular weight is 629 g/mol. The molecule has 1 aromatic carbocycles. The molecule has 2 heterocycles. The zero-order valence-corrected chi connectivity index (χ0v) is 32.5. The van der Waals surface area contributed by atoms with Gasteiger partial charge in [0.05, 0.1) is 0 Å². The molecule has 0 spiro atoms. The second-order valence-corrected chi connectivity index (χ2v) is 16.4. The van der Waals surface area contributed by atoms with Gasteiger partial charge in [-0.05, 0) is 90.6 Å². The summed E-state index contributed by atoms with van der Waals surface area (Å²) in [6.07, 6.45) is 16.0. The summed E-state index contributed by atoms with van der Waals surface area (Å²) in [5.74, 6) is 9.31. The molecule has 2 nitrogen and oxygen atoms in total. The standard InChI is InChI=1S/C8H16.C8H10.C7H14O.2C7H14.C6H12O/c2*1-7-5-3-4-6-8(7)2;1-6-3-4-8-5-7(6)2;2*1-6-4-3-5-7(6)2;1-5-3-7-4-6(5)2/h7-8H,3-6H2,1-2H3;3-6H,1-2H3;6-7H,3-5H2,1-2H3;2*6-7H,3-5H2,1-2H3;5-6H,3-4H2,1-2H3/t7-,8+;;3*6-,7+;5-,6+/m..1.../s1. The minimum absolute atomic E-state index is 0.781. The van der Waals surface area contributed by atoms with E-state index in [1.165, 1.54) is 81.8 Å². The van der Waals surface area contributed by atoms with Gasteiger partial charge in [0, 0.05) is 26.4 Å². The number of aryl methyl sites for hydroxylation is 2. The first kappa shape index (κ1) is 42.2.